The van der Waals surface area contributed by atoms with Crippen molar-refractivity contribution in [3.63, 3.8) is 0 Å². The molecule has 0 N–H and O–H groups in total. The molecule has 2 fully saturated rings. The second kappa shape index (κ2) is 8.28. The van der Waals surface area contributed by atoms with E-state index in [-0.39, 0.29) is 11.4 Å². The number of carbonyl (C=O) groups is 1. The van der Waals surface area contributed by atoms with Crippen molar-refractivity contribution < 1.29 is 4.79 Å². The molecule has 0 spiro atoms. The van der Waals surface area contributed by atoms with Crippen LogP contribution in [0.15, 0.2) is 18.2 Å². The van der Waals surface area contributed by atoms with E-state index in [1.165, 1.54) is 64.5 Å². The van der Waals surface area contributed by atoms with Crippen LogP contribution in [-0.2, 0) is 0 Å². The molecule has 5 heteroatoms. The van der Waals surface area contributed by atoms with E-state index in [0.29, 0.717) is 15.6 Å². The van der Waals surface area contributed by atoms with Crippen molar-refractivity contribution in [2.24, 2.45) is 0 Å². The number of amides is 1. The molecule has 138 valence electrons. The normalized spacial score (nSPS) is 21.1. The van der Waals surface area contributed by atoms with E-state index in [2.05, 4.69) is 4.90 Å². The van der Waals surface area contributed by atoms with E-state index in [4.69, 9.17) is 23.2 Å². The zero-order chi connectivity index (χ0) is 17.9. The van der Waals surface area contributed by atoms with Gasteiger partial charge in [0.15, 0.2) is 0 Å². The van der Waals surface area contributed by atoms with E-state index in [9.17, 15) is 4.79 Å². The molecule has 0 atom stereocenters. The van der Waals surface area contributed by atoms with Gasteiger partial charge in [-0.05, 0) is 57.0 Å². The van der Waals surface area contributed by atoms with E-state index >= 15 is 0 Å². The molecule has 3 nitrogen and oxygen atoms in total. The number of rotatable bonds is 4. The van der Waals surface area contributed by atoms with Gasteiger partial charge in [-0.2, -0.15) is 0 Å². The van der Waals surface area contributed by atoms with Crippen LogP contribution in [0.3, 0.4) is 0 Å². The molecule has 1 aliphatic carbocycles. The molecular formula is C20H28Cl2N2O. The van der Waals surface area contributed by atoms with Gasteiger partial charge < -0.3 is 4.90 Å². The van der Waals surface area contributed by atoms with Crippen LogP contribution in [0, 0.1) is 0 Å². The first-order valence-corrected chi connectivity index (χ1v) is 10.2. The maximum atomic E-state index is 12.9. The Labute approximate surface area is 161 Å². The van der Waals surface area contributed by atoms with Gasteiger partial charge in [0.2, 0.25) is 0 Å². The quantitative estimate of drug-likeness (QED) is 0.709. The maximum Gasteiger partial charge on any atom is 0.253 e. The molecule has 1 amide bonds. The van der Waals surface area contributed by atoms with Crippen molar-refractivity contribution >= 4 is 29.1 Å². The first kappa shape index (κ1) is 19.0. The standard InChI is InChI=1S/C20H28Cl2N2O/c1-23(19(25)16-8-9-17(21)18(22)14-16)15-20(10-4-2-5-11-20)24-12-6-3-7-13-24/h8-9,14H,2-7,10-13,15H2,1H3. The number of nitrogens with zero attached hydrogens (tertiary/aromatic N) is 2. The Kier molecular flexibility index (Phi) is 6.30. The molecule has 1 saturated carbocycles. The number of hydrogen-bond acceptors (Lipinski definition) is 2. The number of hydrogen-bond donors (Lipinski definition) is 0. The summed E-state index contributed by atoms with van der Waals surface area (Å²) in [4.78, 5) is 17.5. The van der Waals surface area contributed by atoms with Crippen molar-refractivity contribution in [3.8, 4) is 0 Å². The highest BCUT2D eigenvalue weighted by Crippen LogP contribution is 2.36. The Morgan fingerprint density at radius 2 is 1.68 bits per heavy atom. The molecule has 0 bridgehead atoms. The van der Waals surface area contributed by atoms with Gasteiger partial charge in [-0.25, -0.2) is 0 Å². The number of likely N-dealkylation sites (tertiary alicyclic amines) is 1. The Bertz CT molecular complexity index is 608. The minimum absolute atomic E-state index is 0.0283. The molecule has 0 radical (unpaired) electrons. The van der Waals surface area contributed by atoms with E-state index < -0.39 is 0 Å². The van der Waals surface area contributed by atoms with Crippen molar-refractivity contribution in [3.05, 3.63) is 33.8 Å². The molecule has 1 aromatic carbocycles. The molecule has 1 saturated heterocycles. The predicted octanol–water partition coefficient (Wildman–Crippen LogP) is 5.25. The van der Waals surface area contributed by atoms with Gasteiger partial charge in [0, 0.05) is 24.7 Å². The lowest BCUT2D eigenvalue weighted by Gasteiger charge is -2.49. The third-order valence-corrected chi connectivity index (χ3v) is 6.59. The van der Waals surface area contributed by atoms with Crippen molar-refractivity contribution in [1.29, 1.82) is 0 Å². The third kappa shape index (κ3) is 4.32. The monoisotopic (exact) mass is 382 g/mol. The molecule has 1 aromatic rings. The Hall–Kier alpha value is -0.770. The molecule has 1 aliphatic heterocycles. The summed E-state index contributed by atoms with van der Waals surface area (Å²) in [5.41, 5.74) is 0.765. The molecule has 1 heterocycles. The summed E-state index contributed by atoms with van der Waals surface area (Å²) in [5.74, 6) is 0.0283. The van der Waals surface area contributed by atoms with Gasteiger partial charge >= 0.3 is 0 Å². The third-order valence-electron chi connectivity index (χ3n) is 5.86. The Morgan fingerprint density at radius 3 is 2.32 bits per heavy atom. The highest BCUT2D eigenvalue weighted by Gasteiger charge is 2.40. The summed E-state index contributed by atoms with van der Waals surface area (Å²) in [6, 6.07) is 5.14. The van der Waals surface area contributed by atoms with Gasteiger partial charge in [0.1, 0.15) is 0 Å². The van der Waals surface area contributed by atoms with Gasteiger partial charge in [0.05, 0.1) is 10.0 Å². The molecule has 25 heavy (non-hydrogen) atoms. The number of likely N-dealkylation sites (N-methyl/N-ethyl adjacent to an activating group) is 1. The van der Waals surface area contributed by atoms with Crippen molar-refractivity contribution in [1.82, 2.24) is 9.80 Å². The summed E-state index contributed by atoms with van der Waals surface area (Å²) >= 11 is 12.1. The number of piperidine rings is 1. The zero-order valence-corrected chi connectivity index (χ0v) is 16.6. The average Bonchev–Trinajstić information content (AvgIpc) is 2.65. The van der Waals surface area contributed by atoms with Gasteiger partial charge in [-0.3, -0.25) is 9.69 Å². The highest BCUT2D eigenvalue weighted by atomic mass is 35.5. The lowest BCUT2D eigenvalue weighted by Crippen LogP contribution is -2.58. The van der Waals surface area contributed by atoms with E-state index in [0.717, 1.165) is 6.54 Å². The number of carbonyl (C=O) groups excluding carboxylic acids is 1. The lowest BCUT2D eigenvalue weighted by atomic mass is 9.78. The van der Waals surface area contributed by atoms with Crippen LogP contribution in [0.1, 0.15) is 61.7 Å². The van der Waals surface area contributed by atoms with Crippen LogP contribution >= 0.6 is 23.2 Å². The Balaban J connectivity index is 1.76. The second-order valence-corrected chi connectivity index (χ2v) is 8.44. The van der Waals surface area contributed by atoms with Crippen molar-refractivity contribution in [2.75, 3.05) is 26.7 Å². The van der Waals surface area contributed by atoms with Crippen molar-refractivity contribution in [2.45, 2.75) is 56.9 Å². The fraction of sp³-hybridized carbons (Fsp3) is 0.650. The highest BCUT2D eigenvalue weighted by molar-refractivity contribution is 6.42. The fourth-order valence-corrected chi connectivity index (χ4v) is 4.81. The van der Waals surface area contributed by atoms with E-state index in [1.54, 1.807) is 18.2 Å². The second-order valence-electron chi connectivity index (χ2n) is 7.62. The van der Waals surface area contributed by atoms with Crippen LogP contribution in [0.5, 0.6) is 0 Å². The molecule has 2 aliphatic rings. The Morgan fingerprint density at radius 1 is 1.04 bits per heavy atom. The molecule has 0 unspecified atom stereocenters. The SMILES string of the molecule is CN(CC1(N2CCCCC2)CCCCC1)C(=O)c1ccc(Cl)c(Cl)c1. The summed E-state index contributed by atoms with van der Waals surface area (Å²) in [6.07, 6.45) is 10.2. The van der Waals surface area contributed by atoms with Crippen LogP contribution in [-0.4, -0.2) is 47.9 Å². The molecule has 3 rings (SSSR count). The van der Waals surface area contributed by atoms with Crippen LogP contribution < -0.4 is 0 Å². The number of halogens is 2. The minimum atomic E-state index is 0.0283. The van der Waals surface area contributed by atoms with E-state index in [1.807, 2.05) is 11.9 Å². The molecule has 0 aromatic heterocycles. The van der Waals surface area contributed by atoms with Crippen LogP contribution in [0.4, 0.5) is 0 Å². The summed E-state index contributed by atoms with van der Waals surface area (Å²) < 4.78 is 0. The molecular weight excluding hydrogens is 355 g/mol. The maximum absolute atomic E-state index is 12.9. The topological polar surface area (TPSA) is 23.6 Å². The fourth-order valence-electron chi connectivity index (χ4n) is 4.52. The largest absolute Gasteiger partial charge is 0.340 e. The van der Waals surface area contributed by atoms with Crippen LogP contribution in [0.2, 0.25) is 10.0 Å². The van der Waals surface area contributed by atoms with Gasteiger partial charge in [0.25, 0.3) is 5.91 Å². The predicted molar refractivity (Wildman–Crippen MR) is 105 cm³/mol. The zero-order valence-electron chi connectivity index (χ0n) is 15.1. The first-order chi connectivity index (χ1) is 12.0. The van der Waals surface area contributed by atoms with Gasteiger partial charge in [-0.15, -0.1) is 0 Å². The summed E-state index contributed by atoms with van der Waals surface area (Å²) in [6.45, 7) is 3.15. The van der Waals surface area contributed by atoms with Gasteiger partial charge in [-0.1, -0.05) is 48.9 Å². The average molecular weight is 383 g/mol. The summed E-state index contributed by atoms with van der Waals surface area (Å²) in [5, 5.41) is 0.919. The smallest absolute Gasteiger partial charge is 0.253 e. The number of benzene rings is 1. The van der Waals surface area contributed by atoms with Crippen LogP contribution in [0.25, 0.3) is 0 Å². The first-order valence-electron chi connectivity index (χ1n) is 9.47. The lowest BCUT2D eigenvalue weighted by molar-refractivity contribution is 0.00990. The minimum Gasteiger partial charge on any atom is -0.340 e. The summed E-state index contributed by atoms with van der Waals surface area (Å²) in [7, 11) is 1.92.